The fraction of sp³-hybridized carbons (Fsp3) is 0.500. The molecule has 0 saturated carbocycles. The largest absolute Gasteiger partial charge is 0.382 e. The van der Waals surface area contributed by atoms with E-state index in [4.69, 9.17) is 5.73 Å². The molecule has 0 saturated heterocycles. The molecule has 0 aromatic carbocycles. The van der Waals surface area contributed by atoms with E-state index in [2.05, 4.69) is 27.4 Å². The first kappa shape index (κ1) is 13.8. The van der Waals surface area contributed by atoms with Crippen LogP contribution in [-0.2, 0) is 13.1 Å². The van der Waals surface area contributed by atoms with Crippen LogP contribution in [0.15, 0.2) is 6.33 Å². The lowest BCUT2D eigenvalue weighted by atomic mass is 10.3. The van der Waals surface area contributed by atoms with E-state index in [9.17, 15) is 4.79 Å². The van der Waals surface area contributed by atoms with Gasteiger partial charge in [0, 0.05) is 19.6 Å². The molecule has 1 aliphatic heterocycles. The minimum Gasteiger partial charge on any atom is -0.382 e. The van der Waals surface area contributed by atoms with Crippen molar-refractivity contribution in [1.82, 2.24) is 24.6 Å². The van der Waals surface area contributed by atoms with Gasteiger partial charge in [0.05, 0.1) is 6.54 Å². The van der Waals surface area contributed by atoms with E-state index >= 15 is 0 Å². The van der Waals surface area contributed by atoms with E-state index in [0.717, 1.165) is 18.8 Å². The van der Waals surface area contributed by atoms with Crippen LogP contribution in [0.5, 0.6) is 0 Å². The minimum atomic E-state index is -0.0937. The van der Waals surface area contributed by atoms with Gasteiger partial charge in [0.15, 0.2) is 11.0 Å². The van der Waals surface area contributed by atoms with Crippen LogP contribution in [0.2, 0.25) is 0 Å². The van der Waals surface area contributed by atoms with Crippen LogP contribution in [0.4, 0.5) is 10.9 Å². The predicted molar refractivity (Wildman–Crippen MR) is 80.1 cm³/mol. The van der Waals surface area contributed by atoms with Crippen LogP contribution in [0.1, 0.15) is 28.8 Å². The molecule has 3 N–H and O–H groups in total. The average molecular weight is 307 g/mol. The molecule has 8 nitrogen and oxygen atoms in total. The Morgan fingerprint density at radius 1 is 1.52 bits per heavy atom. The zero-order valence-corrected chi connectivity index (χ0v) is 12.6. The Morgan fingerprint density at radius 2 is 2.38 bits per heavy atom. The number of hydrogen-bond acceptors (Lipinski definition) is 7. The fourth-order valence-corrected chi connectivity index (χ4v) is 3.05. The fourth-order valence-electron chi connectivity index (χ4n) is 2.18. The molecule has 1 amide bonds. The lowest BCUT2D eigenvalue weighted by molar-refractivity contribution is 0.0713. The normalized spacial score (nSPS) is 14.0. The molecule has 3 rings (SSSR count). The minimum absolute atomic E-state index is 0.0937. The number of carbonyl (C=O) groups excluding carboxylic acids is 1. The number of fused-ring (bicyclic) bond motifs is 1. The molecule has 9 heteroatoms. The Hall–Kier alpha value is -2.16. The second kappa shape index (κ2) is 5.68. The molecule has 21 heavy (non-hydrogen) atoms. The van der Waals surface area contributed by atoms with E-state index in [-0.39, 0.29) is 11.7 Å². The summed E-state index contributed by atoms with van der Waals surface area (Å²) in [5.74, 6) is 0.987. The summed E-state index contributed by atoms with van der Waals surface area (Å²) in [6, 6.07) is 0. The molecule has 2 aromatic heterocycles. The summed E-state index contributed by atoms with van der Waals surface area (Å²) in [4.78, 5) is 19.0. The van der Waals surface area contributed by atoms with E-state index in [1.807, 2.05) is 4.57 Å². The first-order valence-corrected chi connectivity index (χ1v) is 7.66. The van der Waals surface area contributed by atoms with Crippen molar-refractivity contribution < 1.29 is 4.79 Å². The predicted octanol–water partition coefficient (Wildman–Crippen LogP) is 0.795. The molecule has 2 aromatic rings. The van der Waals surface area contributed by atoms with Crippen LogP contribution in [0.25, 0.3) is 0 Å². The molecular formula is C12H17N7OS. The third-order valence-electron chi connectivity index (χ3n) is 3.30. The number of hydrogen-bond donors (Lipinski definition) is 2. The highest BCUT2D eigenvalue weighted by molar-refractivity contribution is 7.18. The van der Waals surface area contributed by atoms with Gasteiger partial charge in [-0.2, -0.15) is 0 Å². The lowest BCUT2D eigenvalue weighted by Crippen LogP contribution is -2.38. The van der Waals surface area contributed by atoms with Crippen molar-refractivity contribution in [3.05, 3.63) is 17.0 Å². The first-order chi connectivity index (χ1) is 10.2. The van der Waals surface area contributed by atoms with Gasteiger partial charge in [0.2, 0.25) is 0 Å². The molecule has 0 bridgehead atoms. The first-order valence-electron chi connectivity index (χ1n) is 6.85. The maximum atomic E-state index is 12.6. The Balaban J connectivity index is 1.75. The van der Waals surface area contributed by atoms with Gasteiger partial charge in [0.1, 0.15) is 17.0 Å². The zero-order chi connectivity index (χ0) is 14.8. The third kappa shape index (κ3) is 2.68. The lowest BCUT2D eigenvalue weighted by Gasteiger charge is -2.26. The smallest absolute Gasteiger partial charge is 0.268 e. The maximum absolute atomic E-state index is 12.6. The van der Waals surface area contributed by atoms with Gasteiger partial charge >= 0.3 is 0 Å². The molecule has 0 aliphatic carbocycles. The van der Waals surface area contributed by atoms with Gasteiger partial charge in [-0.3, -0.25) is 4.79 Å². The number of anilines is 2. The van der Waals surface area contributed by atoms with Crippen molar-refractivity contribution in [3.8, 4) is 0 Å². The number of rotatable bonds is 4. The molecule has 3 heterocycles. The van der Waals surface area contributed by atoms with Gasteiger partial charge in [-0.1, -0.05) is 18.3 Å². The highest BCUT2D eigenvalue weighted by atomic mass is 32.1. The number of nitrogen functional groups attached to an aromatic ring is 1. The maximum Gasteiger partial charge on any atom is 0.268 e. The number of amides is 1. The Morgan fingerprint density at radius 3 is 3.19 bits per heavy atom. The van der Waals surface area contributed by atoms with Crippen molar-refractivity contribution in [2.24, 2.45) is 0 Å². The summed E-state index contributed by atoms with van der Waals surface area (Å²) in [5.41, 5.74) is 5.87. The monoisotopic (exact) mass is 307 g/mol. The highest BCUT2D eigenvalue weighted by Crippen LogP contribution is 2.27. The number of aromatic nitrogens is 4. The Labute approximate surface area is 126 Å². The topological polar surface area (TPSA) is 102 Å². The standard InChI is InChI=1S/C12H17N7OS/c1-2-3-14-12-16-10(13)9(21-12)11(20)18-4-5-19-7-15-17-8(19)6-18/h7H,2-6,13H2,1H3,(H,14,16). The van der Waals surface area contributed by atoms with Gasteiger partial charge < -0.3 is 20.5 Å². The molecular weight excluding hydrogens is 290 g/mol. The molecule has 112 valence electrons. The van der Waals surface area contributed by atoms with Crippen molar-refractivity contribution in [1.29, 1.82) is 0 Å². The Kier molecular flexibility index (Phi) is 3.74. The van der Waals surface area contributed by atoms with Crippen LogP contribution in [0.3, 0.4) is 0 Å². The van der Waals surface area contributed by atoms with Crippen LogP contribution in [0, 0.1) is 0 Å². The summed E-state index contributed by atoms with van der Waals surface area (Å²) in [5, 5.41) is 11.7. The van der Waals surface area contributed by atoms with Gasteiger partial charge in [-0.25, -0.2) is 4.98 Å². The van der Waals surface area contributed by atoms with Crippen molar-refractivity contribution >= 4 is 28.2 Å². The molecule has 1 aliphatic rings. The number of nitrogens with two attached hydrogens (primary N) is 1. The number of nitrogens with one attached hydrogen (secondary N) is 1. The molecule has 0 fully saturated rings. The molecule has 0 unspecified atom stereocenters. The number of nitrogens with zero attached hydrogens (tertiary/aromatic N) is 5. The van der Waals surface area contributed by atoms with Crippen molar-refractivity contribution in [2.45, 2.75) is 26.4 Å². The summed E-state index contributed by atoms with van der Waals surface area (Å²) >= 11 is 1.30. The van der Waals surface area contributed by atoms with Crippen molar-refractivity contribution in [2.75, 3.05) is 24.1 Å². The summed E-state index contributed by atoms with van der Waals surface area (Å²) in [7, 11) is 0. The van der Waals surface area contributed by atoms with Gasteiger partial charge in [-0.15, -0.1) is 10.2 Å². The summed E-state index contributed by atoms with van der Waals surface area (Å²) in [6.45, 7) is 4.66. The number of carbonyl (C=O) groups is 1. The van der Waals surface area contributed by atoms with Crippen LogP contribution >= 0.6 is 11.3 Å². The second-order valence-corrected chi connectivity index (χ2v) is 5.83. The second-order valence-electron chi connectivity index (χ2n) is 4.83. The van der Waals surface area contributed by atoms with Crippen LogP contribution in [-0.4, -0.2) is 43.6 Å². The number of thiazole rings is 1. The van der Waals surface area contributed by atoms with E-state index in [0.29, 0.717) is 29.6 Å². The SMILES string of the molecule is CCCNc1nc(N)c(C(=O)N2CCn3cnnc3C2)s1. The third-order valence-corrected chi connectivity index (χ3v) is 4.32. The molecule has 0 radical (unpaired) electrons. The van der Waals surface area contributed by atoms with Gasteiger partial charge in [0.25, 0.3) is 5.91 Å². The van der Waals surface area contributed by atoms with Crippen molar-refractivity contribution in [3.63, 3.8) is 0 Å². The average Bonchev–Trinajstić information content (AvgIpc) is 3.09. The molecule has 0 atom stereocenters. The van der Waals surface area contributed by atoms with E-state index in [1.165, 1.54) is 11.3 Å². The molecule has 0 spiro atoms. The summed E-state index contributed by atoms with van der Waals surface area (Å²) < 4.78 is 1.95. The van der Waals surface area contributed by atoms with Crippen LogP contribution < -0.4 is 11.1 Å². The quantitative estimate of drug-likeness (QED) is 0.866. The highest BCUT2D eigenvalue weighted by Gasteiger charge is 2.26. The Bertz CT molecular complexity index is 650. The van der Waals surface area contributed by atoms with E-state index in [1.54, 1.807) is 11.2 Å². The zero-order valence-electron chi connectivity index (χ0n) is 11.7. The van der Waals surface area contributed by atoms with Gasteiger partial charge in [-0.05, 0) is 6.42 Å². The van der Waals surface area contributed by atoms with E-state index < -0.39 is 0 Å². The summed E-state index contributed by atoms with van der Waals surface area (Å²) in [6.07, 6.45) is 2.68.